The van der Waals surface area contributed by atoms with Crippen LogP contribution in [0.2, 0.25) is 0 Å². The molecular formula is C13H12N2O3. The van der Waals surface area contributed by atoms with Gasteiger partial charge < -0.3 is 5.32 Å². The summed E-state index contributed by atoms with van der Waals surface area (Å²) in [6.45, 7) is 3.85. The average molecular weight is 244 g/mol. The second kappa shape index (κ2) is 4.44. The lowest BCUT2D eigenvalue weighted by atomic mass is 10.1. The molecule has 2 rings (SSSR count). The summed E-state index contributed by atoms with van der Waals surface area (Å²) in [6.07, 6.45) is 1.56. The van der Waals surface area contributed by atoms with Crippen molar-refractivity contribution in [3.8, 4) is 0 Å². The van der Waals surface area contributed by atoms with E-state index in [1.165, 1.54) is 25.2 Å². The summed E-state index contributed by atoms with van der Waals surface area (Å²) < 4.78 is 0. The van der Waals surface area contributed by atoms with Gasteiger partial charge in [0.2, 0.25) is 0 Å². The first kappa shape index (κ1) is 12.0. The standard InChI is InChI=1S/C13H12N2O3/c1-3-6-14-11(16)8-4-5-9-10(7-8)13(18)15(2)12(9)17/h3-5,7H,1,6H2,2H3,(H,14,16). The van der Waals surface area contributed by atoms with Gasteiger partial charge in [0.05, 0.1) is 11.1 Å². The zero-order valence-corrected chi connectivity index (χ0v) is 9.90. The minimum Gasteiger partial charge on any atom is -0.349 e. The summed E-state index contributed by atoms with van der Waals surface area (Å²) in [5.74, 6) is -1.02. The van der Waals surface area contributed by atoms with Gasteiger partial charge >= 0.3 is 0 Å². The summed E-state index contributed by atoms with van der Waals surface area (Å²) in [5, 5.41) is 2.61. The van der Waals surface area contributed by atoms with Crippen LogP contribution in [-0.2, 0) is 0 Å². The van der Waals surface area contributed by atoms with Gasteiger partial charge in [-0.15, -0.1) is 6.58 Å². The third-order valence-electron chi connectivity index (χ3n) is 2.76. The van der Waals surface area contributed by atoms with Gasteiger partial charge in [-0.25, -0.2) is 0 Å². The number of nitrogens with zero attached hydrogens (tertiary/aromatic N) is 1. The lowest BCUT2D eigenvalue weighted by molar-refractivity contribution is 0.0693. The normalized spacial score (nSPS) is 13.5. The number of carbonyl (C=O) groups is 3. The molecule has 5 heteroatoms. The third-order valence-corrected chi connectivity index (χ3v) is 2.76. The maximum Gasteiger partial charge on any atom is 0.261 e. The smallest absolute Gasteiger partial charge is 0.261 e. The maximum absolute atomic E-state index is 11.8. The number of nitrogens with one attached hydrogen (secondary N) is 1. The molecule has 0 saturated carbocycles. The first-order valence-electron chi connectivity index (χ1n) is 5.41. The number of fused-ring (bicyclic) bond motifs is 1. The summed E-state index contributed by atoms with van der Waals surface area (Å²) in [7, 11) is 1.42. The van der Waals surface area contributed by atoms with Crippen molar-refractivity contribution in [2.24, 2.45) is 0 Å². The monoisotopic (exact) mass is 244 g/mol. The zero-order valence-electron chi connectivity index (χ0n) is 9.90. The van der Waals surface area contributed by atoms with Crippen molar-refractivity contribution in [2.45, 2.75) is 0 Å². The number of hydrogen-bond donors (Lipinski definition) is 1. The van der Waals surface area contributed by atoms with Gasteiger partial charge in [0.25, 0.3) is 17.7 Å². The van der Waals surface area contributed by atoms with Crippen LogP contribution < -0.4 is 5.32 Å². The fraction of sp³-hybridized carbons (Fsp3) is 0.154. The molecule has 1 N–H and O–H groups in total. The van der Waals surface area contributed by atoms with Gasteiger partial charge in [-0.1, -0.05) is 6.08 Å². The highest BCUT2D eigenvalue weighted by atomic mass is 16.2. The van der Waals surface area contributed by atoms with Crippen LogP contribution >= 0.6 is 0 Å². The molecule has 0 radical (unpaired) electrons. The minimum atomic E-state index is -0.381. The highest BCUT2D eigenvalue weighted by Gasteiger charge is 2.33. The number of carbonyl (C=O) groups excluding carboxylic acids is 3. The predicted octanol–water partition coefficient (Wildman–Crippen LogP) is 0.828. The molecule has 92 valence electrons. The van der Waals surface area contributed by atoms with Crippen molar-refractivity contribution in [3.63, 3.8) is 0 Å². The Morgan fingerprint density at radius 2 is 2.00 bits per heavy atom. The van der Waals surface area contributed by atoms with Crippen LogP contribution in [0.1, 0.15) is 31.1 Å². The fourth-order valence-electron chi connectivity index (χ4n) is 1.77. The van der Waals surface area contributed by atoms with Gasteiger partial charge in [-0.05, 0) is 18.2 Å². The Balaban J connectivity index is 2.35. The van der Waals surface area contributed by atoms with Crippen LogP contribution in [-0.4, -0.2) is 36.2 Å². The van der Waals surface area contributed by atoms with E-state index >= 15 is 0 Å². The average Bonchev–Trinajstić information content (AvgIpc) is 2.61. The van der Waals surface area contributed by atoms with E-state index in [4.69, 9.17) is 0 Å². The van der Waals surface area contributed by atoms with E-state index in [-0.39, 0.29) is 23.3 Å². The van der Waals surface area contributed by atoms with Crippen molar-refractivity contribution in [3.05, 3.63) is 47.5 Å². The minimum absolute atomic E-state index is 0.272. The summed E-state index contributed by atoms with van der Waals surface area (Å²) >= 11 is 0. The Morgan fingerprint density at radius 3 is 2.67 bits per heavy atom. The Hall–Kier alpha value is -2.43. The van der Waals surface area contributed by atoms with Crippen molar-refractivity contribution in [2.75, 3.05) is 13.6 Å². The molecular weight excluding hydrogens is 232 g/mol. The topological polar surface area (TPSA) is 66.5 Å². The van der Waals surface area contributed by atoms with E-state index in [2.05, 4.69) is 11.9 Å². The van der Waals surface area contributed by atoms with Crippen LogP contribution in [0.25, 0.3) is 0 Å². The summed E-state index contributed by atoms with van der Waals surface area (Å²) in [5.41, 5.74) is 0.962. The molecule has 3 amide bonds. The second-order valence-corrected chi connectivity index (χ2v) is 3.93. The van der Waals surface area contributed by atoms with Crippen LogP contribution in [0.5, 0.6) is 0 Å². The van der Waals surface area contributed by atoms with E-state index < -0.39 is 0 Å². The molecule has 0 saturated heterocycles. The van der Waals surface area contributed by atoms with E-state index in [1.807, 2.05) is 0 Å². The quantitative estimate of drug-likeness (QED) is 0.632. The summed E-state index contributed by atoms with van der Waals surface area (Å²) in [6, 6.07) is 4.47. The molecule has 1 aromatic carbocycles. The molecule has 0 fully saturated rings. The molecule has 0 aromatic heterocycles. The molecule has 5 nitrogen and oxygen atoms in total. The highest BCUT2D eigenvalue weighted by Crippen LogP contribution is 2.22. The van der Waals surface area contributed by atoms with Crippen LogP contribution in [0, 0.1) is 0 Å². The molecule has 0 spiro atoms. The Bertz CT molecular complexity index is 563. The van der Waals surface area contributed by atoms with Gasteiger partial charge in [-0.2, -0.15) is 0 Å². The van der Waals surface area contributed by atoms with Crippen molar-refractivity contribution in [1.82, 2.24) is 10.2 Å². The Morgan fingerprint density at radius 1 is 1.33 bits per heavy atom. The predicted molar refractivity (Wildman–Crippen MR) is 65.4 cm³/mol. The molecule has 0 bridgehead atoms. The molecule has 18 heavy (non-hydrogen) atoms. The van der Waals surface area contributed by atoms with E-state index in [1.54, 1.807) is 6.08 Å². The number of rotatable bonds is 3. The largest absolute Gasteiger partial charge is 0.349 e. The lowest BCUT2D eigenvalue weighted by Gasteiger charge is -2.03. The fourth-order valence-corrected chi connectivity index (χ4v) is 1.77. The molecule has 0 atom stereocenters. The van der Waals surface area contributed by atoms with Gasteiger partial charge in [0, 0.05) is 19.2 Å². The number of amides is 3. The van der Waals surface area contributed by atoms with Crippen molar-refractivity contribution < 1.29 is 14.4 Å². The Kier molecular flexibility index (Phi) is 2.97. The van der Waals surface area contributed by atoms with Crippen LogP contribution in [0.15, 0.2) is 30.9 Å². The van der Waals surface area contributed by atoms with E-state index in [0.717, 1.165) is 4.90 Å². The molecule has 0 aliphatic carbocycles. The van der Waals surface area contributed by atoms with E-state index in [0.29, 0.717) is 17.7 Å². The van der Waals surface area contributed by atoms with Crippen molar-refractivity contribution >= 4 is 17.7 Å². The first-order chi connectivity index (χ1) is 8.56. The van der Waals surface area contributed by atoms with Gasteiger partial charge in [0.1, 0.15) is 0 Å². The first-order valence-corrected chi connectivity index (χ1v) is 5.41. The zero-order chi connectivity index (χ0) is 13.3. The van der Waals surface area contributed by atoms with Gasteiger partial charge in [0.15, 0.2) is 0 Å². The second-order valence-electron chi connectivity index (χ2n) is 3.93. The number of hydrogen-bond acceptors (Lipinski definition) is 3. The van der Waals surface area contributed by atoms with Crippen LogP contribution in [0.3, 0.4) is 0 Å². The number of benzene rings is 1. The molecule has 1 heterocycles. The maximum atomic E-state index is 11.8. The Labute approximate surface area is 104 Å². The SMILES string of the molecule is C=CCNC(=O)c1ccc2c(c1)C(=O)N(C)C2=O. The number of imide groups is 1. The van der Waals surface area contributed by atoms with Crippen molar-refractivity contribution in [1.29, 1.82) is 0 Å². The highest BCUT2D eigenvalue weighted by molar-refractivity contribution is 6.21. The molecule has 1 aromatic rings. The third kappa shape index (κ3) is 1.79. The molecule has 0 unspecified atom stereocenters. The summed E-state index contributed by atoms with van der Waals surface area (Å²) in [4.78, 5) is 36.1. The van der Waals surface area contributed by atoms with E-state index in [9.17, 15) is 14.4 Å². The molecule has 1 aliphatic heterocycles. The molecule has 1 aliphatic rings. The van der Waals surface area contributed by atoms with Gasteiger partial charge in [-0.3, -0.25) is 19.3 Å². The lowest BCUT2D eigenvalue weighted by Crippen LogP contribution is -2.24. The van der Waals surface area contributed by atoms with Crippen LogP contribution in [0.4, 0.5) is 0 Å².